The molecule has 0 aliphatic heterocycles. The van der Waals surface area contributed by atoms with Crippen molar-refractivity contribution in [1.29, 1.82) is 0 Å². The molecular weight excluding hydrogens is 432 g/mol. The van der Waals surface area contributed by atoms with Crippen LogP contribution >= 0.6 is 0 Å². The van der Waals surface area contributed by atoms with Gasteiger partial charge in [0.15, 0.2) is 0 Å². The lowest BCUT2D eigenvalue weighted by Gasteiger charge is -2.22. The summed E-state index contributed by atoms with van der Waals surface area (Å²) in [6.07, 6.45) is 1.49. The zero-order valence-corrected chi connectivity index (χ0v) is 18.5. The quantitative estimate of drug-likeness (QED) is 0.250. The van der Waals surface area contributed by atoms with Gasteiger partial charge in [0, 0.05) is 43.6 Å². The van der Waals surface area contributed by atoms with Gasteiger partial charge in [-0.15, -0.1) is 0 Å². The Bertz CT molecular complexity index is 1220. The molecule has 4 aromatic rings. The van der Waals surface area contributed by atoms with Crippen molar-refractivity contribution >= 4 is 11.6 Å². The van der Waals surface area contributed by atoms with Gasteiger partial charge in [-0.25, -0.2) is 0 Å². The normalized spacial score (nSPS) is 10.7. The minimum Gasteiger partial charge on any atom is -0.339 e. The van der Waals surface area contributed by atoms with Crippen molar-refractivity contribution in [2.45, 2.75) is 25.8 Å². The highest BCUT2D eigenvalue weighted by Crippen LogP contribution is 2.20. The van der Waals surface area contributed by atoms with E-state index in [2.05, 4.69) is 10.1 Å². The molecule has 0 radical (unpaired) electrons. The van der Waals surface area contributed by atoms with Crippen molar-refractivity contribution in [2.24, 2.45) is 0 Å². The van der Waals surface area contributed by atoms with Crippen LogP contribution in [0.1, 0.15) is 23.4 Å². The highest BCUT2D eigenvalue weighted by Gasteiger charge is 2.17. The largest absolute Gasteiger partial charge is 0.339 e. The first-order chi connectivity index (χ1) is 16.6. The van der Waals surface area contributed by atoms with Crippen LogP contribution in [-0.4, -0.2) is 32.4 Å². The molecule has 0 aliphatic carbocycles. The summed E-state index contributed by atoms with van der Waals surface area (Å²) in [5.41, 5.74) is 2.80. The molecule has 1 heterocycles. The maximum atomic E-state index is 13.1. The number of carbonyl (C=O) groups is 1. The van der Waals surface area contributed by atoms with E-state index in [1.54, 1.807) is 12.1 Å². The molecule has 8 heteroatoms. The molecule has 4 rings (SSSR count). The van der Waals surface area contributed by atoms with Crippen molar-refractivity contribution in [3.05, 3.63) is 112 Å². The number of aromatic nitrogens is 2. The van der Waals surface area contributed by atoms with Gasteiger partial charge in [0.2, 0.25) is 17.6 Å². The molecular formula is C26H24N4O4. The molecule has 3 aromatic carbocycles. The summed E-state index contributed by atoms with van der Waals surface area (Å²) in [6, 6.07) is 25.8. The number of carbonyl (C=O) groups excluding carboxylic acids is 1. The number of benzene rings is 3. The number of aryl methyl sites for hydroxylation is 1. The smallest absolute Gasteiger partial charge is 0.269 e. The molecule has 1 amide bonds. The van der Waals surface area contributed by atoms with Crippen LogP contribution in [0, 0.1) is 10.1 Å². The molecule has 0 unspecified atom stereocenters. The lowest BCUT2D eigenvalue weighted by molar-refractivity contribution is -0.384. The van der Waals surface area contributed by atoms with Gasteiger partial charge in [-0.2, -0.15) is 4.98 Å². The summed E-state index contributed by atoms with van der Waals surface area (Å²) in [7, 11) is 0. The summed E-state index contributed by atoms with van der Waals surface area (Å²) in [5, 5.41) is 14.8. The van der Waals surface area contributed by atoms with Gasteiger partial charge < -0.3 is 9.42 Å². The van der Waals surface area contributed by atoms with E-state index in [9.17, 15) is 14.9 Å². The molecule has 8 nitrogen and oxygen atoms in total. The maximum absolute atomic E-state index is 13.1. The summed E-state index contributed by atoms with van der Waals surface area (Å²) in [4.78, 5) is 29.7. The van der Waals surface area contributed by atoms with Crippen molar-refractivity contribution in [3.8, 4) is 11.4 Å². The van der Waals surface area contributed by atoms with Gasteiger partial charge in [0.05, 0.1) is 4.92 Å². The molecule has 0 bridgehead atoms. The van der Waals surface area contributed by atoms with Gasteiger partial charge >= 0.3 is 0 Å². The number of nitro groups is 1. The molecule has 172 valence electrons. The Labute approximate surface area is 197 Å². The summed E-state index contributed by atoms with van der Waals surface area (Å²) >= 11 is 0. The third-order valence-electron chi connectivity index (χ3n) is 5.44. The highest BCUT2D eigenvalue weighted by atomic mass is 16.6. The van der Waals surface area contributed by atoms with Crippen LogP contribution in [0.25, 0.3) is 11.4 Å². The SMILES string of the molecule is O=C(CCc1ccccc1)N(CCc1nc(-c2ccc([N+](=O)[O-])cc2)no1)Cc1ccccc1. The van der Waals surface area contributed by atoms with E-state index in [-0.39, 0.29) is 11.6 Å². The van der Waals surface area contributed by atoms with E-state index in [4.69, 9.17) is 4.52 Å². The van der Waals surface area contributed by atoms with Crippen LogP contribution in [0.2, 0.25) is 0 Å². The van der Waals surface area contributed by atoms with E-state index in [1.807, 2.05) is 65.6 Å². The van der Waals surface area contributed by atoms with E-state index >= 15 is 0 Å². The van der Waals surface area contributed by atoms with Crippen LogP contribution in [0.15, 0.2) is 89.5 Å². The van der Waals surface area contributed by atoms with Crippen LogP contribution in [0.3, 0.4) is 0 Å². The maximum Gasteiger partial charge on any atom is 0.269 e. The minimum atomic E-state index is -0.457. The van der Waals surface area contributed by atoms with Crippen LogP contribution < -0.4 is 0 Å². The Morgan fingerprint density at radius 1 is 0.882 bits per heavy atom. The Hall–Kier alpha value is -4.33. The standard InChI is InChI=1S/C26H24N4O4/c31-25(16-11-20-7-3-1-4-8-20)29(19-21-9-5-2-6-10-21)18-17-24-27-26(28-34-24)22-12-14-23(15-13-22)30(32)33/h1-10,12-15H,11,16-19H2. The molecule has 0 N–H and O–H groups in total. The third kappa shape index (κ3) is 6.13. The predicted molar refractivity (Wildman–Crippen MR) is 127 cm³/mol. The summed E-state index contributed by atoms with van der Waals surface area (Å²) in [6.45, 7) is 0.933. The van der Waals surface area contributed by atoms with E-state index in [0.717, 1.165) is 11.1 Å². The number of non-ortho nitro benzene ring substituents is 1. The average Bonchev–Trinajstić information content (AvgIpc) is 3.35. The number of amides is 1. The number of hydrogen-bond donors (Lipinski definition) is 0. The van der Waals surface area contributed by atoms with Gasteiger partial charge in [0.1, 0.15) is 0 Å². The highest BCUT2D eigenvalue weighted by molar-refractivity contribution is 5.76. The van der Waals surface area contributed by atoms with E-state index < -0.39 is 4.92 Å². The first-order valence-electron chi connectivity index (χ1n) is 11.0. The molecule has 0 fully saturated rings. The Morgan fingerprint density at radius 3 is 2.18 bits per heavy atom. The van der Waals surface area contributed by atoms with Crippen molar-refractivity contribution in [1.82, 2.24) is 15.0 Å². The van der Waals surface area contributed by atoms with Crippen molar-refractivity contribution in [3.63, 3.8) is 0 Å². The minimum absolute atomic E-state index is 0.00182. The fourth-order valence-electron chi connectivity index (χ4n) is 3.59. The zero-order chi connectivity index (χ0) is 23.8. The topological polar surface area (TPSA) is 102 Å². The zero-order valence-electron chi connectivity index (χ0n) is 18.5. The van der Waals surface area contributed by atoms with Crippen molar-refractivity contribution in [2.75, 3.05) is 6.54 Å². The predicted octanol–water partition coefficient (Wildman–Crippen LogP) is 4.85. The number of hydrogen-bond acceptors (Lipinski definition) is 6. The van der Waals surface area contributed by atoms with Gasteiger partial charge in [-0.05, 0) is 29.7 Å². The van der Waals surface area contributed by atoms with Crippen LogP contribution in [-0.2, 0) is 24.2 Å². The van der Waals surface area contributed by atoms with E-state index in [0.29, 0.717) is 49.6 Å². The average molecular weight is 457 g/mol. The number of nitrogens with zero attached hydrogens (tertiary/aromatic N) is 4. The Kier molecular flexibility index (Phi) is 7.39. The fraction of sp³-hybridized carbons (Fsp3) is 0.192. The van der Waals surface area contributed by atoms with Crippen LogP contribution in [0.5, 0.6) is 0 Å². The van der Waals surface area contributed by atoms with Gasteiger partial charge in [-0.3, -0.25) is 14.9 Å². The third-order valence-corrected chi connectivity index (χ3v) is 5.44. The monoisotopic (exact) mass is 456 g/mol. The van der Waals surface area contributed by atoms with Gasteiger partial charge in [-0.1, -0.05) is 65.8 Å². The Balaban J connectivity index is 1.41. The summed E-state index contributed by atoms with van der Waals surface area (Å²) < 4.78 is 5.37. The van der Waals surface area contributed by atoms with E-state index in [1.165, 1.54) is 12.1 Å². The lowest BCUT2D eigenvalue weighted by atomic mass is 10.1. The second-order valence-corrected chi connectivity index (χ2v) is 7.85. The first-order valence-corrected chi connectivity index (χ1v) is 11.0. The molecule has 1 aromatic heterocycles. The molecule has 0 saturated heterocycles. The molecule has 0 atom stereocenters. The van der Waals surface area contributed by atoms with Crippen molar-refractivity contribution < 1.29 is 14.2 Å². The number of nitro benzene ring substituents is 1. The van der Waals surface area contributed by atoms with Crippen LogP contribution in [0.4, 0.5) is 5.69 Å². The second kappa shape index (κ2) is 11.0. The molecule has 0 spiro atoms. The number of rotatable bonds is 10. The fourth-order valence-corrected chi connectivity index (χ4v) is 3.59. The molecule has 0 aliphatic rings. The Morgan fingerprint density at radius 2 is 1.53 bits per heavy atom. The lowest BCUT2D eigenvalue weighted by Crippen LogP contribution is -2.32. The van der Waals surface area contributed by atoms with Gasteiger partial charge in [0.25, 0.3) is 5.69 Å². The molecule has 0 saturated carbocycles. The second-order valence-electron chi connectivity index (χ2n) is 7.85. The summed E-state index contributed by atoms with van der Waals surface area (Å²) in [5.74, 6) is 0.819. The first kappa shape index (κ1) is 22.8. The molecule has 34 heavy (non-hydrogen) atoms.